The smallest absolute Gasteiger partial charge is 0.236 e. The predicted octanol–water partition coefficient (Wildman–Crippen LogP) is 0.802. The van der Waals surface area contributed by atoms with Gasteiger partial charge in [-0.05, 0) is 6.42 Å². The van der Waals surface area contributed by atoms with E-state index < -0.39 is 0 Å². The first kappa shape index (κ1) is 13.9. The van der Waals surface area contributed by atoms with Crippen LogP contribution in [0.5, 0.6) is 0 Å². The molecule has 0 aliphatic heterocycles. The van der Waals surface area contributed by atoms with E-state index in [2.05, 4.69) is 12.2 Å². The van der Waals surface area contributed by atoms with Crippen molar-refractivity contribution in [2.75, 3.05) is 7.05 Å². The number of nitrogens with two attached hydrogens (primary N) is 1. The van der Waals surface area contributed by atoms with Crippen LogP contribution in [0.1, 0.15) is 32.6 Å². The number of hydrogen-bond acceptors (Lipinski definition) is 3. The zero-order valence-corrected chi connectivity index (χ0v) is 8.10. The minimum absolute atomic E-state index is 0. The standard InChI is InChI=1S/C8H18N2O.H3N/c1-3-4-5-6-7(9)8(11)10-2;/h7H,3-6,9H2,1-2H3,(H,10,11);1H3/t7-;/m0./s1. The molecule has 0 radical (unpaired) electrons. The summed E-state index contributed by atoms with van der Waals surface area (Å²) in [7, 11) is 1.61. The summed E-state index contributed by atoms with van der Waals surface area (Å²) in [5.41, 5.74) is 5.56. The molecular formula is C8H21N3O. The van der Waals surface area contributed by atoms with E-state index in [1.807, 2.05) is 0 Å². The summed E-state index contributed by atoms with van der Waals surface area (Å²) in [6.07, 6.45) is 4.17. The van der Waals surface area contributed by atoms with Crippen LogP contribution in [-0.4, -0.2) is 19.0 Å². The maximum absolute atomic E-state index is 10.9. The van der Waals surface area contributed by atoms with Crippen molar-refractivity contribution >= 4 is 5.91 Å². The molecule has 0 spiro atoms. The van der Waals surface area contributed by atoms with Crippen LogP contribution in [0.3, 0.4) is 0 Å². The highest BCUT2D eigenvalue weighted by Gasteiger charge is 2.09. The second-order valence-corrected chi connectivity index (χ2v) is 2.72. The molecule has 0 bridgehead atoms. The van der Waals surface area contributed by atoms with Crippen molar-refractivity contribution in [2.24, 2.45) is 5.73 Å². The van der Waals surface area contributed by atoms with Gasteiger partial charge in [-0.25, -0.2) is 0 Å². The van der Waals surface area contributed by atoms with E-state index in [4.69, 9.17) is 5.73 Å². The molecule has 0 saturated heterocycles. The third kappa shape index (κ3) is 6.12. The van der Waals surface area contributed by atoms with Crippen LogP contribution >= 0.6 is 0 Å². The molecule has 1 amide bonds. The Morgan fingerprint density at radius 2 is 2.08 bits per heavy atom. The summed E-state index contributed by atoms with van der Waals surface area (Å²) in [5, 5.41) is 2.53. The van der Waals surface area contributed by atoms with Crippen LogP contribution in [0.15, 0.2) is 0 Å². The molecule has 0 fully saturated rings. The average Bonchev–Trinajstić information content (AvgIpc) is 2.03. The zero-order valence-electron chi connectivity index (χ0n) is 8.10. The fraction of sp³-hybridized carbons (Fsp3) is 0.875. The van der Waals surface area contributed by atoms with E-state index in [0.29, 0.717) is 0 Å². The van der Waals surface area contributed by atoms with E-state index in [1.54, 1.807) is 7.05 Å². The maximum atomic E-state index is 10.9. The van der Waals surface area contributed by atoms with Crippen molar-refractivity contribution in [1.82, 2.24) is 11.5 Å². The normalized spacial score (nSPS) is 11.6. The number of hydrogen-bond donors (Lipinski definition) is 3. The summed E-state index contributed by atoms with van der Waals surface area (Å²) in [6.45, 7) is 2.13. The summed E-state index contributed by atoms with van der Waals surface area (Å²) in [4.78, 5) is 10.9. The van der Waals surface area contributed by atoms with Crippen LogP contribution in [-0.2, 0) is 4.79 Å². The minimum atomic E-state index is -0.313. The van der Waals surface area contributed by atoms with Gasteiger partial charge in [0.15, 0.2) is 0 Å². The Kier molecular flexibility index (Phi) is 9.86. The van der Waals surface area contributed by atoms with Gasteiger partial charge in [0.1, 0.15) is 0 Å². The molecule has 0 unspecified atom stereocenters. The van der Waals surface area contributed by atoms with E-state index >= 15 is 0 Å². The van der Waals surface area contributed by atoms with Gasteiger partial charge >= 0.3 is 0 Å². The molecule has 6 N–H and O–H groups in total. The third-order valence-electron chi connectivity index (χ3n) is 1.70. The van der Waals surface area contributed by atoms with Gasteiger partial charge in [-0.1, -0.05) is 26.2 Å². The highest BCUT2D eigenvalue weighted by Crippen LogP contribution is 2.01. The third-order valence-corrected chi connectivity index (χ3v) is 1.70. The second-order valence-electron chi connectivity index (χ2n) is 2.72. The van der Waals surface area contributed by atoms with E-state index in [-0.39, 0.29) is 18.1 Å². The summed E-state index contributed by atoms with van der Waals surface area (Å²) >= 11 is 0. The molecule has 0 saturated carbocycles. The Morgan fingerprint density at radius 3 is 2.50 bits per heavy atom. The zero-order chi connectivity index (χ0) is 8.69. The molecule has 0 heterocycles. The lowest BCUT2D eigenvalue weighted by Gasteiger charge is -2.08. The quantitative estimate of drug-likeness (QED) is 0.540. The van der Waals surface area contributed by atoms with Crippen molar-refractivity contribution in [3.05, 3.63) is 0 Å². The fourth-order valence-electron chi connectivity index (χ4n) is 0.931. The number of rotatable bonds is 5. The fourth-order valence-corrected chi connectivity index (χ4v) is 0.931. The van der Waals surface area contributed by atoms with Gasteiger partial charge in [-0.3, -0.25) is 4.79 Å². The van der Waals surface area contributed by atoms with Gasteiger partial charge < -0.3 is 17.2 Å². The van der Waals surface area contributed by atoms with Gasteiger partial charge in [0.2, 0.25) is 5.91 Å². The lowest BCUT2D eigenvalue weighted by Crippen LogP contribution is -2.38. The van der Waals surface area contributed by atoms with Crippen LogP contribution in [0.2, 0.25) is 0 Å². The van der Waals surface area contributed by atoms with E-state index in [1.165, 1.54) is 6.42 Å². The molecule has 4 heteroatoms. The molecule has 0 aliphatic carbocycles. The highest BCUT2D eigenvalue weighted by molar-refractivity contribution is 5.81. The second kappa shape index (κ2) is 8.49. The molecular weight excluding hydrogens is 154 g/mol. The predicted molar refractivity (Wildman–Crippen MR) is 51.2 cm³/mol. The van der Waals surface area contributed by atoms with E-state index in [9.17, 15) is 4.79 Å². The van der Waals surface area contributed by atoms with Crippen molar-refractivity contribution in [3.63, 3.8) is 0 Å². The molecule has 0 aromatic rings. The molecule has 0 aliphatic rings. The Bertz CT molecular complexity index is 117. The number of nitrogens with one attached hydrogen (secondary N) is 1. The lowest BCUT2D eigenvalue weighted by atomic mass is 10.1. The number of likely N-dealkylation sites (N-methyl/N-ethyl adjacent to an activating group) is 1. The van der Waals surface area contributed by atoms with Gasteiger partial charge in [0.05, 0.1) is 6.04 Å². The first-order chi connectivity index (χ1) is 5.22. The number of amides is 1. The Morgan fingerprint density at radius 1 is 1.50 bits per heavy atom. The van der Waals surface area contributed by atoms with Crippen LogP contribution in [0, 0.1) is 0 Å². The average molecular weight is 175 g/mol. The Labute approximate surface area is 74.5 Å². The minimum Gasteiger partial charge on any atom is -0.358 e. The van der Waals surface area contributed by atoms with Crippen LogP contribution in [0.25, 0.3) is 0 Å². The van der Waals surface area contributed by atoms with Crippen LogP contribution < -0.4 is 17.2 Å². The number of carbonyl (C=O) groups excluding carboxylic acids is 1. The molecule has 74 valence electrons. The first-order valence-electron chi connectivity index (χ1n) is 4.19. The van der Waals surface area contributed by atoms with E-state index in [0.717, 1.165) is 19.3 Å². The highest BCUT2D eigenvalue weighted by atomic mass is 16.2. The summed E-state index contributed by atoms with van der Waals surface area (Å²) < 4.78 is 0. The molecule has 0 rings (SSSR count). The number of unbranched alkanes of at least 4 members (excludes halogenated alkanes) is 2. The van der Waals surface area contributed by atoms with Gasteiger partial charge in [0, 0.05) is 7.05 Å². The van der Waals surface area contributed by atoms with Crippen molar-refractivity contribution in [2.45, 2.75) is 38.6 Å². The van der Waals surface area contributed by atoms with Crippen LogP contribution in [0.4, 0.5) is 0 Å². The molecule has 0 aromatic carbocycles. The Hall–Kier alpha value is -0.610. The SMILES string of the molecule is CCCCC[C@H](N)C(=O)NC.N. The van der Waals surface area contributed by atoms with Crippen molar-refractivity contribution < 1.29 is 4.79 Å². The maximum Gasteiger partial charge on any atom is 0.236 e. The topological polar surface area (TPSA) is 90.1 Å². The Balaban J connectivity index is 0. The largest absolute Gasteiger partial charge is 0.358 e. The molecule has 0 aromatic heterocycles. The van der Waals surface area contributed by atoms with Gasteiger partial charge in [-0.15, -0.1) is 0 Å². The van der Waals surface area contributed by atoms with Crippen molar-refractivity contribution in [1.29, 1.82) is 0 Å². The van der Waals surface area contributed by atoms with Crippen molar-refractivity contribution in [3.8, 4) is 0 Å². The molecule has 4 nitrogen and oxygen atoms in total. The molecule has 12 heavy (non-hydrogen) atoms. The summed E-state index contributed by atoms with van der Waals surface area (Å²) in [6, 6.07) is -0.313. The monoisotopic (exact) mass is 175 g/mol. The summed E-state index contributed by atoms with van der Waals surface area (Å²) in [5.74, 6) is -0.0545. The lowest BCUT2D eigenvalue weighted by molar-refractivity contribution is -0.122. The first-order valence-corrected chi connectivity index (χ1v) is 4.19. The van der Waals surface area contributed by atoms with Gasteiger partial charge in [-0.2, -0.15) is 0 Å². The van der Waals surface area contributed by atoms with Gasteiger partial charge in [0.25, 0.3) is 0 Å². The molecule has 1 atom stereocenters. The number of carbonyl (C=O) groups is 1.